The van der Waals surface area contributed by atoms with Crippen molar-refractivity contribution in [1.29, 1.82) is 0 Å². The van der Waals surface area contributed by atoms with Crippen LogP contribution in [0.25, 0.3) is 0 Å². The van der Waals surface area contributed by atoms with Gasteiger partial charge in [-0.1, -0.05) is 25.1 Å². The maximum Gasteiger partial charge on any atom is 0.336 e. The van der Waals surface area contributed by atoms with Crippen molar-refractivity contribution in [2.24, 2.45) is 0 Å². The molecule has 0 bridgehead atoms. The van der Waals surface area contributed by atoms with E-state index in [4.69, 9.17) is 14.4 Å². The first-order chi connectivity index (χ1) is 9.49. The van der Waals surface area contributed by atoms with Crippen molar-refractivity contribution >= 4 is 5.97 Å². The number of hydrogen-bond acceptors (Lipinski definition) is 5. The summed E-state index contributed by atoms with van der Waals surface area (Å²) in [5, 5.41) is 12.9. The van der Waals surface area contributed by atoms with Gasteiger partial charge in [-0.3, -0.25) is 0 Å². The van der Waals surface area contributed by atoms with Gasteiger partial charge >= 0.3 is 5.97 Å². The van der Waals surface area contributed by atoms with E-state index in [1.165, 1.54) is 6.07 Å². The standard InChI is InChI=1S/C14H16N2O4/c1-8(2)13-15-12(16-20-13)7-19-11-6-4-5-10(9(11)3)14(17)18/h4-6,8H,7H2,1-3H3,(H,17,18). The highest BCUT2D eigenvalue weighted by Gasteiger charge is 2.13. The molecule has 0 saturated heterocycles. The van der Waals surface area contributed by atoms with Crippen LogP contribution >= 0.6 is 0 Å². The lowest BCUT2D eigenvalue weighted by Gasteiger charge is -2.08. The third-order valence-electron chi connectivity index (χ3n) is 2.85. The maximum absolute atomic E-state index is 11.0. The second-order valence-corrected chi connectivity index (χ2v) is 4.73. The summed E-state index contributed by atoms with van der Waals surface area (Å²) in [6, 6.07) is 4.89. The van der Waals surface area contributed by atoms with E-state index in [9.17, 15) is 4.79 Å². The topological polar surface area (TPSA) is 85.5 Å². The second kappa shape index (κ2) is 5.73. The monoisotopic (exact) mass is 276 g/mol. The second-order valence-electron chi connectivity index (χ2n) is 4.73. The molecule has 6 heteroatoms. The molecule has 1 N–H and O–H groups in total. The number of carboxylic acid groups (broad SMARTS) is 1. The number of carboxylic acids is 1. The Kier molecular flexibility index (Phi) is 4.02. The fourth-order valence-electron chi connectivity index (χ4n) is 1.71. The Labute approximate surface area is 116 Å². The quantitative estimate of drug-likeness (QED) is 0.903. The molecule has 1 aromatic heterocycles. The Bertz CT molecular complexity index is 619. The molecular weight excluding hydrogens is 260 g/mol. The van der Waals surface area contributed by atoms with E-state index >= 15 is 0 Å². The van der Waals surface area contributed by atoms with Crippen molar-refractivity contribution in [2.75, 3.05) is 0 Å². The van der Waals surface area contributed by atoms with E-state index in [-0.39, 0.29) is 18.1 Å². The van der Waals surface area contributed by atoms with Crippen LogP contribution in [0.15, 0.2) is 22.7 Å². The molecule has 20 heavy (non-hydrogen) atoms. The molecule has 0 unspecified atom stereocenters. The van der Waals surface area contributed by atoms with Gasteiger partial charge in [0, 0.05) is 11.5 Å². The van der Waals surface area contributed by atoms with Gasteiger partial charge in [-0.2, -0.15) is 4.98 Å². The van der Waals surface area contributed by atoms with Gasteiger partial charge in [0.05, 0.1) is 5.56 Å². The number of aromatic nitrogens is 2. The van der Waals surface area contributed by atoms with E-state index in [1.54, 1.807) is 19.1 Å². The average Bonchev–Trinajstić information content (AvgIpc) is 2.86. The van der Waals surface area contributed by atoms with E-state index in [2.05, 4.69) is 10.1 Å². The Balaban J connectivity index is 2.10. The molecule has 6 nitrogen and oxygen atoms in total. The lowest BCUT2D eigenvalue weighted by molar-refractivity contribution is 0.0695. The van der Waals surface area contributed by atoms with Crippen LogP contribution in [-0.2, 0) is 6.61 Å². The van der Waals surface area contributed by atoms with Gasteiger partial charge in [-0.15, -0.1) is 0 Å². The van der Waals surface area contributed by atoms with Crippen LogP contribution in [0.5, 0.6) is 5.75 Å². The number of aromatic carboxylic acids is 1. The molecule has 0 aliphatic rings. The van der Waals surface area contributed by atoms with Crippen molar-refractivity contribution in [3.8, 4) is 5.75 Å². The molecule has 0 spiro atoms. The summed E-state index contributed by atoms with van der Waals surface area (Å²) in [5.41, 5.74) is 0.797. The van der Waals surface area contributed by atoms with Crippen LogP contribution in [0.2, 0.25) is 0 Å². The first-order valence-electron chi connectivity index (χ1n) is 6.27. The lowest BCUT2D eigenvalue weighted by atomic mass is 10.1. The molecule has 0 atom stereocenters. The number of nitrogens with zero attached hydrogens (tertiary/aromatic N) is 2. The number of hydrogen-bond donors (Lipinski definition) is 1. The van der Waals surface area contributed by atoms with Crippen molar-refractivity contribution in [2.45, 2.75) is 33.3 Å². The minimum absolute atomic E-state index is 0.139. The molecule has 0 aliphatic carbocycles. The van der Waals surface area contributed by atoms with Crippen LogP contribution < -0.4 is 4.74 Å². The van der Waals surface area contributed by atoms with Gasteiger partial charge in [-0.25, -0.2) is 4.79 Å². The number of carbonyl (C=O) groups is 1. The molecule has 0 amide bonds. The highest BCUT2D eigenvalue weighted by atomic mass is 16.5. The van der Waals surface area contributed by atoms with Crippen LogP contribution in [-0.4, -0.2) is 21.2 Å². The Morgan fingerprint density at radius 2 is 2.20 bits per heavy atom. The van der Waals surface area contributed by atoms with Crippen molar-refractivity contribution in [3.05, 3.63) is 41.0 Å². The van der Waals surface area contributed by atoms with Gasteiger partial charge in [0.1, 0.15) is 5.75 Å². The summed E-state index contributed by atoms with van der Waals surface area (Å²) in [4.78, 5) is 15.2. The predicted octanol–water partition coefficient (Wildman–Crippen LogP) is 2.78. The molecular formula is C14H16N2O4. The van der Waals surface area contributed by atoms with Crippen LogP contribution in [0, 0.1) is 6.92 Å². The largest absolute Gasteiger partial charge is 0.485 e. The van der Waals surface area contributed by atoms with E-state index in [0.717, 1.165) is 0 Å². The summed E-state index contributed by atoms with van der Waals surface area (Å²) >= 11 is 0. The first kappa shape index (κ1) is 14.0. The molecule has 2 rings (SSSR count). The Hall–Kier alpha value is -2.37. The normalized spacial score (nSPS) is 10.8. The molecule has 1 heterocycles. The van der Waals surface area contributed by atoms with E-state index in [0.29, 0.717) is 23.0 Å². The summed E-state index contributed by atoms with van der Waals surface area (Å²) in [6.07, 6.45) is 0. The van der Waals surface area contributed by atoms with Crippen molar-refractivity contribution < 1.29 is 19.2 Å². The van der Waals surface area contributed by atoms with Gasteiger partial charge in [0.2, 0.25) is 11.7 Å². The fraction of sp³-hybridized carbons (Fsp3) is 0.357. The van der Waals surface area contributed by atoms with E-state index < -0.39 is 5.97 Å². The molecule has 1 aromatic carbocycles. The zero-order valence-corrected chi connectivity index (χ0v) is 11.6. The van der Waals surface area contributed by atoms with Crippen LogP contribution in [0.4, 0.5) is 0 Å². The summed E-state index contributed by atoms with van der Waals surface area (Å²) in [5.74, 6) is 0.678. The highest BCUT2D eigenvalue weighted by molar-refractivity contribution is 5.90. The van der Waals surface area contributed by atoms with Gasteiger partial charge < -0.3 is 14.4 Å². The number of ether oxygens (including phenoxy) is 1. The number of benzene rings is 1. The fourth-order valence-corrected chi connectivity index (χ4v) is 1.71. The summed E-state index contributed by atoms with van der Waals surface area (Å²) in [7, 11) is 0. The SMILES string of the molecule is Cc1c(OCc2noc(C(C)C)n2)cccc1C(=O)O. The van der Waals surface area contributed by atoms with Gasteiger partial charge in [0.15, 0.2) is 6.61 Å². The highest BCUT2D eigenvalue weighted by Crippen LogP contribution is 2.22. The predicted molar refractivity (Wildman–Crippen MR) is 70.9 cm³/mol. The van der Waals surface area contributed by atoms with Crippen molar-refractivity contribution in [3.63, 3.8) is 0 Å². The van der Waals surface area contributed by atoms with Crippen LogP contribution in [0.3, 0.4) is 0 Å². The summed E-state index contributed by atoms with van der Waals surface area (Å²) in [6.45, 7) is 5.76. The number of rotatable bonds is 5. The average molecular weight is 276 g/mol. The molecule has 2 aromatic rings. The van der Waals surface area contributed by atoms with E-state index in [1.807, 2.05) is 13.8 Å². The Morgan fingerprint density at radius 3 is 2.80 bits per heavy atom. The maximum atomic E-state index is 11.0. The van der Waals surface area contributed by atoms with Crippen LogP contribution in [0.1, 0.15) is 47.4 Å². The minimum atomic E-state index is -0.977. The smallest absolute Gasteiger partial charge is 0.336 e. The first-order valence-corrected chi connectivity index (χ1v) is 6.27. The van der Waals surface area contributed by atoms with Gasteiger partial charge in [-0.05, 0) is 19.1 Å². The van der Waals surface area contributed by atoms with Crippen molar-refractivity contribution in [1.82, 2.24) is 10.1 Å². The molecule has 0 saturated carbocycles. The Morgan fingerprint density at radius 1 is 1.45 bits per heavy atom. The molecule has 0 aliphatic heterocycles. The molecule has 106 valence electrons. The lowest BCUT2D eigenvalue weighted by Crippen LogP contribution is -2.04. The minimum Gasteiger partial charge on any atom is -0.485 e. The zero-order valence-electron chi connectivity index (χ0n) is 11.6. The summed E-state index contributed by atoms with van der Waals surface area (Å²) < 4.78 is 10.6. The van der Waals surface area contributed by atoms with Gasteiger partial charge in [0.25, 0.3) is 0 Å². The molecule has 0 radical (unpaired) electrons. The third kappa shape index (κ3) is 2.96. The molecule has 0 fully saturated rings. The third-order valence-corrected chi connectivity index (χ3v) is 2.85. The zero-order chi connectivity index (χ0) is 14.7.